The highest BCUT2D eigenvalue weighted by molar-refractivity contribution is 6.06. The van der Waals surface area contributed by atoms with Crippen LogP contribution in [0.2, 0.25) is 0 Å². The largest absolute Gasteiger partial charge is 0.507 e. The van der Waals surface area contributed by atoms with Gasteiger partial charge in [-0.3, -0.25) is 9.59 Å². The minimum Gasteiger partial charge on any atom is -0.507 e. The van der Waals surface area contributed by atoms with Gasteiger partial charge in [-0.1, -0.05) is 18.2 Å². The van der Waals surface area contributed by atoms with E-state index in [-0.39, 0.29) is 23.1 Å². The molecule has 1 aliphatic rings. The number of para-hydroxylation sites is 1. The SMILES string of the molecule is O=C(Nc1cccc(NC(=O)C2CC2)c1)c1ccccc1O. The molecule has 0 aliphatic heterocycles. The lowest BCUT2D eigenvalue weighted by Crippen LogP contribution is -2.14. The first-order valence-corrected chi connectivity index (χ1v) is 7.14. The van der Waals surface area contributed by atoms with Crippen molar-refractivity contribution < 1.29 is 14.7 Å². The first kappa shape index (κ1) is 14.1. The van der Waals surface area contributed by atoms with Crippen LogP contribution < -0.4 is 10.6 Å². The summed E-state index contributed by atoms with van der Waals surface area (Å²) >= 11 is 0. The van der Waals surface area contributed by atoms with Crippen LogP contribution in [0.5, 0.6) is 5.75 Å². The molecule has 0 unspecified atom stereocenters. The molecule has 0 spiro atoms. The Hall–Kier alpha value is -2.82. The second-order valence-electron chi connectivity index (χ2n) is 5.32. The van der Waals surface area contributed by atoms with Crippen molar-refractivity contribution in [2.75, 3.05) is 10.6 Å². The molecule has 22 heavy (non-hydrogen) atoms. The van der Waals surface area contributed by atoms with Crippen molar-refractivity contribution in [3.63, 3.8) is 0 Å². The van der Waals surface area contributed by atoms with Crippen LogP contribution in [0.1, 0.15) is 23.2 Å². The second kappa shape index (κ2) is 5.89. The number of phenolic OH excluding ortho intramolecular Hbond substituents is 1. The molecule has 0 heterocycles. The van der Waals surface area contributed by atoms with Gasteiger partial charge in [0, 0.05) is 17.3 Å². The van der Waals surface area contributed by atoms with Crippen molar-refractivity contribution in [1.82, 2.24) is 0 Å². The molecule has 0 atom stereocenters. The Morgan fingerprint density at radius 2 is 1.64 bits per heavy atom. The van der Waals surface area contributed by atoms with Crippen LogP contribution in [-0.2, 0) is 4.79 Å². The number of hydrogen-bond acceptors (Lipinski definition) is 3. The van der Waals surface area contributed by atoms with E-state index in [1.54, 1.807) is 42.5 Å². The van der Waals surface area contributed by atoms with Gasteiger partial charge in [0.05, 0.1) is 5.56 Å². The molecule has 3 N–H and O–H groups in total. The monoisotopic (exact) mass is 296 g/mol. The lowest BCUT2D eigenvalue weighted by Gasteiger charge is -2.09. The van der Waals surface area contributed by atoms with E-state index in [0.29, 0.717) is 11.4 Å². The highest BCUT2D eigenvalue weighted by Gasteiger charge is 2.29. The number of carbonyl (C=O) groups excluding carboxylic acids is 2. The quantitative estimate of drug-likeness (QED) is 0.811. The van der Waals surface area contributed by atoms with Gasteiger partial charge in [0.2, 0.25) is 5.91 Å². The van der Waals surface area contributed by atoms with Gasteiger partial charge in [0.1, 0.15) is 5.75 Å². The van der Waals surface area contributed by atoms with Crippen molar-refractivity contribution >= 4 is 23.2 Å². The molecule has 5 nitrogen and oxygen atoms in total. The average molecular weight is 296 g/mol. The minimum absolute atomic E-state index is 0.0178. The van der Waals surface area contributed by atoms with E-state index in [9.17, 15) is 14.7 Å². The Kier molecular flexibility index (Phi) is 3.78. The Bertz CT molecular complexity index is 723. The van der Waals surface area contributed by atoms with Gasteiger partial charge in [0.15, 0.2) is 0 Å². The van der Waals surface area contributed by atoms with E-state index < -0.39 is 5.91 Å². The summed E-state index contributed by atoms with van der Waals surface area (Å²) in [6.45, 7) is 0. The summed E-state index contributed by atoms with van der Waals surface area (Å²) in [5.74, 6) is -0.328. The first-order chi connectivity index (χ1) is 10.6. The minimum atomic E-state index is -0.399. The summed E-state index contributed by atoms with van der Waals surface area (Å²) in [6.07, 6.45) is 1.88. The molecule has 5 heteroatoms. The zero-order valence-corrected chi connectivity index (χ0v) is 11.9. The third-order valence-corrected chi connectivity index (χ3v) is 3.48. The summed E-state index contributed by atoms with van der Waals surface area (Å²) in [5, 5.41) is 15.2. The van der Waals surface area contributed by atoms with Crippen LogP contribution in [0.15, 0.2) is 48.5 Å². The predicted octanol–water partition coefficient (Wildman–Crippen LogP) is 2.99. The van der Waals surface area contributed by atoms with Crippen molar-refractivity contribution in [2.24, 2.45) is 5.92 Å². The molecule has 112 valence electrons. The maximum atomic E-state index is 12.1. The fourth-order valence-corrected chi connectivity index (χ4v) is 2.13. The summed E-state index contributed by atoms with van der Waals surface area (Å²) in [5.41, 5.74) is 1.41. The van der Waals surface area contributed by atoms with E-state index in [4.69, 9.17) is 0 Å². The smallest absolute Gasteiger partial charge is 0.259 e. The maximum absolute atomic E-state index is 12.1. The fraction of sp³-hybridized carbons (Fsp3) is 0.176. The summed E-state index contributed by atoms with van der Waals surface area (Å²) in [4.78, 5) is 23.9. The molecule has 2 aromatic carbocycles. The Balaban J connectivity index is 1.71. The number of carbonyl (C=O) groups is 2. The first-order valence-electron chi connectivity index (χ1n) is 7.14. The van der Waals surface area contributed by atoms with Crippen LogP contribution in [0, 0.1) is 5.92 Å². The number of aromatic hydroxyl groups is 1. The molecule has 1 saturated carbocycles. The van der Waals surface area contributed by atoms with Crippen molar-refractivity contribution in [1.29, 1.82) is 0 Å². The van der Waals surface area contributed by atoms with Crippen molar-refractivity contribution in [3.8, 4) is 5.75 Å². The van der Waals surface area contributed by atoms with Gasteiger partial charge in [0.25, 0.3) is 5.91 Å². The third-order valence-electron chi connectivity index (χ3n) is 3.48. The van der Waals surface area contributed by atoms with Crippen LogP contribution in [0.25, 0.3) is 0 Å². The highest BCUT2D eigenvalue weighted by atomic mass is 16.3. The van der Waals surface area contributed by atoms with Crippen molar-refractivity contribution in [3.05, 3.63) is 54.1 Å². The molecule has 1 fully saturated rings. The van der Waals surface area contributed by atoms with E-state index in [2.05, 4.69) is 10.6 Å². The summed E-state index contributed by atoms with van der Waals surface area (Å²) in [6, 6.07) is 13.3. The zero-order chi connectivity index (χ0) is 15.5. The Morgan fingerprint density at radius 3 is 2.32 bits per heavy atom. The second-order valence-corrected chi connectivity index (χ2v) is 5.32. The number of anilines is 2. The van der Waals surface area contributed by atoms with Crippen LogP contribution in [-0.4, -0.2) is 16.9 Å². The van der Waals surface area contributed by atoms with Gasteiger partial charge in [-0.15, -0.1) is 0 Å². The number of benzene rings is 2. The van der Waals surface area contributed by atoms with Gasteiger partial charge < -0.3 is 15.7 Å². The van der Waals surface area contributed by atoms with E-state index in [0.717, 1.165) is 12.8 Å². The van der Waals surface area contributed by atoms with Crippen molar-refractivity contribution in [2.45, 2.75) is 12.8 Å². The van der Waals surface area contributed by atoms with Gasteiger partial charge in [-0.05, 0) is 43.2 Å². The molecule has 0 saturated heterocycles. The van der Waals surface area contributed by atoms with Gasteiger partial charge in [-0.25, -0.2) is 0 Å². The normalized spacial score (nSPS) is 13.5. The average Bonchev–Trinajstić information content (AvgIpc) is 3.32. The fourth-order valence-electron chi connectivity index (χ4n) is 2.13. The lowest BCUT2D eigenvalue weighted by molar-refractivity contribution is -0.117. The number of hydrogen-bond donors (Lipinski definition) is 3. The van der Waals surface area contributed by atoms with E-state index in [1.165, 1.54) is 6.07 Å². The maximum Gasteiger partial charge on any atom is 0.259 e. The number of amides is 2. The van der Waals surface area contributed by atoms with E-state index >= 15 is 0 Å². The predicted molar refractivity (Wildman–Crippen MR) is 83.9 cm³/mol. The molecule has 1 aliphatic carbocycles. The summed E-state index contributed by atoms with van der Waals surface area (Å²) < 4.78 is 0. The third kappa shape index (κ3) is 3.25. The van der Waals surface area contributed by atoms with Crippen LogP contribution >= 0.6 is 0 Å². The molecule has 0 aromatic heterocycles. The van der Waals surface area contributed by atoms with Crippen LogP contribution in [0.4, 0.5) is 11.4 Å². The molecule has 0 radical (unpaired) electrons. The molecule has 0 bridgehead atoms. The molecular formula is C17H16N2O3. The Morgan fingerprint density at radius 1 is 0.955 bits per heavy atom. The molecule has 2 aromatic rings. The standard InChI is InChI=1S/C17H16N2O3/c20-15-7-2-1-6-14(15)17(22)19-13-5-3-4-12(10-13)18-16(21)11-8-9-11/h1-7,10-11,20H,8-9H2,(H,18,21)(H,19,22). The molecule has 2 amide bonds. The lowest BCUT2D eigenvalue weighted by atomic mass is 10.2. The zero-order valence-electron chi connectivity index (χ0n) is 11.9. The molecule has 3 rings (SSSR count). The van der Waals surface area contributed by atoms with E-state index in [1.807, 2.05) is 0 Å². The van der Waals surface area contributed by atoms with Gasteiger partial charge >= 0.3 is 0 Å². The topological polar surface area (TPSA) is 78.4 Å². The summed E-state index contributed by atoms with van der Waals surface area (Å²) in [7, 11) is 0. The number of phenols is 1. The van der Waals surface area contributed by atoms with Crippen LogP contribution in [0.3, 0.4) is 0 Å². The Labute approximate surface area is 128 Å². The number of rotatable bonds is 4. The molecular weight excluding hydrogens is 280 g/mol. The number of nitrogens with one attached hydrogen (secondary N) is 2. The highest BCUT2D eigenvalue weighted by Crippen LogP contribution is 2.30. The van der Waals surface area contributed by atoms with Gasteiger partial charge in [-0.2, -0.15) is 0 Å².